The average Bonchev–Trinajstić information content (AvgIpc) is 3.26. The number of hydrazone groups is 1. The van der Waals surface area contributed by atoms with Crippen molar-refractivity contribution in [3.8, 4) is 23.1 Å². The standard InChI is InChI=1S/C28H32N6O4S/c1-5-33(6-2)39(35,36)25-17-18-27(29-19-25)31-30-20-26-21(4)32-34(22-11-9-8-10-12-22)28(26)38-24-15-13-23(14-16-24)37-7-3/h8-20H,5-7H2,1-4H3,(H,29,31). The van der Waals surface area contributed by atoms with E-state index in [-0.39, 0.29) is 4.90 Å². The molecule has 0 amide bonds. The van der Waals surface area contributed by atoms with Crippen molar-refractivity contribution in [1.82, 2.24) is 19.1 Å². The van der Waals surface area contributed by atoms with Crippen LogP contribution in [0.4, 0.5) is 5.82 Å². The van der Waals surface area contributed by atoms with Crippen molar-refractivity contribution in [1.29, 1.82) is 0 Å². The van der Waals surface area contributed by atoms with Crippen molar-refractivity contribution in [3.63, 3.8) is 0 Å². The number of rotatable bonds is 12. The van der Waals surface area contributed by atoms with Gasteiger partial charge in [-0.2, -0.15) is 19.2 Å². The Balaban J connectivity index is 1.59. The van der Waals surface area contributed by atoms with Crippen molar-refractivity contribution in [3.05, 3.63) is 84.2 Å². The maximum Gasteiger partial charge on any atom is 0.244 e. The number of benzene rings is 2. The zero-order valence-electron chi connectivity index (χ0n) is 22.4. The summed E-state index contributed by atoms with van der Waals surface area (Å²) in [5, 5.41) is 9.01. The van der Waals surface area contributed by atoms with Crippen LogP contribution in [0.1, 0.15) is 32.0 Å². The first-order valence-corrected chi connectivity index (χ1v) is 14.1. The molecule has 4 rings (SSSR count). The highest BCUT2D eigenvalue weighted by Gasteiger charge is 2.22. The van der Waals surface area contributed by atoms with Gasteiger partial charge in [0.05, 0.1) is 29.8 Å². The first-order chi connectivity index (χ1) is 18.9. The van der Waals surface area contributed by atoms with Crippen molar-refractivity contribution in [2.75, 3.05) is 25.1 Å². The lowest BCUT2D eigenvalue weighted by Crippen LogP contribution is -2.30. The molecule has 1 N–H and O–H groups in total. The van der Waals surface area contributed by atoms with Crippen LogP contribution in [0.25, 0.3) is 5.69 Å². The predicted octanol–water partition coefficient (Wildman–Crippen LogP) is 5.24. The first-order valence-electron chi connectivity index (χ1n) is 12.7. The smallest absolute Gasteiger partial charge is 0.244 e. The largest absolute Gasteiger partial charge is 0.494 e. The van der Waals surface area contributed by atoms with Gasteiger partial charge in [0.25, 0.3) is 0 Å². The number of hydrogen-bond acceptors (Lipinski definition) is 8. The van der Waals surface area contributed by atoms with Crippen LogP contribution in [0.2, 0.25) is 0 Å². The number of nitrogens with zero attached hydrogens (tertiary/aromatic N) is 5. The molecule has 0 unspecified atom stereocenters. The van der Waals surface area contributed by atoms with Crippen LogP contribution in [0, 0.1) is 6.92 Å². The Morgan fingerprint density at radius 2 is 1.67 bits per heavy atom. The topological polar surface area (TPSA) is 111 Å². The Morgan fingerprint density at radius 1 is 0.974 bits per heavy atom. The van der Waals surface area contributed by atoms with Crippen molar-refractivity contribution in [2.45, 2.75) is 32.6 Å². The van der Waals surface area contributed by atoms with Gasteiger partial charge in [-0.15, -0.1) is 0 Å². The number of aromatic nitrogens is 3. The molecule has 0 aliphatic carbocycles. The quantitative estimate of drug-likeness (QED) is 0.190. The van der Waals surface area contributed by atoms with Crippen LogP contribution in [0.3, 0.4) is 0 Å². The molecule has 39 heavy (non-hydrogen) atoms. The minimum absolute atomic E-state index is 0.131. The van der Waals surface area contributed by atoms with Gasteiger partial charge in [0, 0.05) is 19.3 Å². The second-order valence-corrected chi connectivity index (χ2v) is 10.3. The van der Waals surface area contributed by atoms with Gasteiger partial charge in [-0.3, -0.25) is 5.43 Å². The lowest BCUT2D eigenvalue weighted by Gasteiger charge is -2.18. The van der Waals surface area contributed by atoms with E-state index < -0.39 is 10.0 Å². The number of ether oxygens (including phenoxy) is 2. The molecule has 2 aromatic carbocycles. The summed E-state index contributed by atoms with van der Waals surface area (Å²) in [6.45, 7) is 8.77. The zero-order chi connectivity index (χ0) is 27.8. The molecule has 0 fully saturated rings. The highest BCUT2D eigenvalue weighted by molar-refractivity contribution is 7.89. The summed E-state index contributed by atoms with van der Waals surface area (Å²) in [6, 6.07) is 20.1. The molecule has 0 radical (unpaired) electrons. The van der Waals surface area contributed by atoms with Crippen molar-refractivity contribution >= 4 is 22.1 Å². The van der Waals surface area contributed by atoms with Crippen LogP contribution in [-0.2, 0) is 10.0 Å². The molecule has 0 saturated heterocycles. The SMILES string of the molecule is CCOc1ccc(Oc2c(C=NNc3ccc(S(=O)(=O)N(CC)CC)cn3)c(C)nn2-c2ccccc2)cc1. The molecular formula is C28H32N6O4S. The zero-order valence-corrected chi connectivity index (χ0v) is 23.2. The number of hydrogen-bond donors (Lipinski definition) is 1. The summed E-state index contributed by atoms with van der Waals surface area (Å²) in [4.78, 5) is 4.35. The Bertz CT molecular complexity index is 1500. The summed E-state index contributed by atoms with van der Waals surface area (Å²) in [5.74, 6) is 2.26. The highest BCUT2D eigenvalue weighted by atomic mass is 32.2. The van der Waals surface area contributed by atoms with E-state index in [4.69, 9.17) is 9.47 Å². The normalized spacial score (nSPS) is 11.7. The molecule has 204 valence electrons. The van der Waals surface area contributed by atoms with Crippen molar-refractivity contribution in [2.24, 2.45) is 5.10 Å². The number of nitrogens with one attached hydrogen (secondary N) is 1. The van der Waals surface area contributed by atoms with Crippen molar-refractivity contribution < 1.29 is 17.9 Å². The second kappa shape index (κ2) is 12.5. The van der Waals surface area contributed by atoms with E-state index in [9.17, 15) is 8.42 Å². The average molecular weight is 549 g/mol. The van der Waals surface area contributed by atoms with E-state index in [1.165, 1.54) is 16.6 Å². The molecule has 10 nitrogen and oxygen atoms in total. The number of aryl methyl sites for hydroxylation is 1. The molecule has 0 bridgehead atoms. The van der Waals surface area contributed by atoms with E-state index >= 15 is 0 Å². The minimum Gasteiger partial charge on any atom is -0.494 e. The van der Waals surface area contributed by atoms with Gasteiger partial charge in [-0.25, -0.2) is 13.4 Å². The predicted molar refractivity (Wildman–Crippen MR) is 152 cm³/mol. The fourth-order valence-electron chi connectivity index (χ4n) is 3.87. The van der Waals surface area contributed by atoms with Crippen LogP contribution < -0.4 is 14.9 Å². The molecule has 2 aromatic heterocycles. The lowest BCUT2D eigenvalue weighted by atomic mass is 10.2. The third kappa shape index (κ3) is 6.44. The van der Waals surface area contributed by atoms with Gasteiger partial charge in [0.1, 0.15) is 22.2 Å². The van der Waals surface area contributed by atoms with E-state index in [1.807, 2.05) is 68.4 Å². The van der Waals surface area contributed by atoms with Gasteiger partial charge in [0.2, 0.25) is 15.9 Å². The van der Waals surface area contributed by atoms with E-state index in [0.717, 1.165) is 11.4 Å². The Hall–Kier alpha value is -4.22. The molecule has 0 aliphatic heterocycles. The third-order valence-electron chi connectivity index (χ3n) is 5.86. The number of para-hydroxylation sites is 1. The number of sulfonamides is 1. The molecule has 0 saturated carbocycles. The molecule has 2 heterocycles. The van der Waals surface area contributed by atoms with Crippen LogP contribution in [0.5, 0.6) is 17.4 Å². The maximum absolute atomic E-state index is 12.7. The summed E-state index contributed by atoms with van der Waals surface area (Å²) < 4.78 is 40.3. The monoisotopic (exact) mass is 548 g/mol. The number of pyridine rings is 1. The van der Waals surface area contributed by atoms with E-state index in [1.54, 1.807) is 30.8 Å². The summed E-state index contributed by atoms with van der Waals surface area (Å²) in [6.07, 6.45) is 2.93. The Kier molecular flexibility index (Phi) is 8.95. The minimum atomic E-state index is -3.58. The molecule has 0 aliphatic rings. The van der Waals surface area contributed by atoms with Gasteiger partial charge in [0.15, 0.2) is 0 Å². The highest BCUT2D eigenvalue weighted by Crippen LogP contribution is 2.30. The van der Waals surface area contributed by atoms with Crippen LogP contribution in [-0.4, -0.2) is 53.4 Å². The fourth-order valence-corrected chi connectivity index (χ4v) is 5.27. The van der Waals surface area contributed by atoms with E-state index in [2.05, 4.69) is 20.6 Å². The van der Waals surface area contributed by atoms with Gasteiger partial charge >= 0.3 is 0 Å². The Morgan fingerprint density at radius 3 is 2.28 bits per heavy atom. The first kappa shape index (κ1) is 27.8. The number of anilines is 1. The van der Waals surface area contributed by atoms with Crippen LogP contribution in [0.15, 0.2) is 82.9 Å². The molecule has 0 spiro atoms. The van der Waals surface area contributed by atoms with E-state index in [0.29, 0.717) is 48.4 Å². The summed E-state index contributed by atoms with van der Waals surface area (Å²) >= 11 is 0. The summed E-state index contributed by atoms with van der Waals surface area (Å²) in [7, 11) is -3.58. The maximum atomic E-state index is 12.7. The fraction of sp³-hybridized carbons (Fsp3) is 0.250. The van der Waals surface area contributed by atoms with Gasteiger partial charge in [-0.1, -0.05) is 32.0 Å². The summed E-state index contributed by atoms with van der Waals surface area (Å²) in [5.41, 5.74) is 5.07. The molecule has 11 heteroatoms. The lowest BCUT2D eigenvalue weighted by molar-refractivity contribution is 0.339. The second-order valence-electron chi connectivity index (χ2n) is 8.40. The van der Waals surface area contributed by atoms with Gasteiger partial charge < -0.3 is 9.47 Å². The molecular weight excluding hydrogens is 516 g/mol. The van der Waals surface area contributed by atoms with Crippen LogP contribution >= 0.6 is 0 Å². The third-order valence-corrected chi connectivity index (χ3v) is 7.90. The molecule has 4 aromatic rings. The van der Waals surface area contributed by atoms with Gasteiger partial charge in [-0.05, 0) is 62.4 Å². The Labute approximate surface area is 229 Å². The molecule has 0 atom stereocenters.